The van der Waals surface area contributed by atoms with Gasteiger partial charge in [-0.1, -0.05) is 61.4 Å². The third-order valence-electron chi connectivity index (χ3n) is 6.72. The van der Waals surface area contributed by atoms with Crippen LogP contribution in [0.25, 0.3) is 5.57 Å². The number of sulfonamides is 1. The number of allylic oxidation sites excluding steroid dienone is 6. The Hall–Kier alpha value is -2.92. The highest BCUT2D eigenvalue weighted by Gasteiger charge is 2.27. The fourth-order valence-electron chi connectivity index (χ4n) is 4.52. The van der Waals surface area contributed by atoms with Crippen LogP contribution in [-0.4, -0.2) is 14.6 Å². The number of benzene rings is 2. The summed E-state index contributed by atoms with van der Waals surface area (Å²) >= 11 is 0. The Balaban J connectivity index is 2.49. The van der Waals surface area contributed by atoms with E-state index in [1.807, 2.05) is 13.8 Å². The van der Waals surface area contributed by atoms with E-state index in [-0.39, 0.29) is 4.90 Å². The third kappa shape index (κ3) is 6.61. The molecule has 0 aliphatic heterocycles. The van der Waals surface area contributed by atoms with Gasteiger partial charge in [-0.3, -0.25) is 0 Å². The highest BCUT2D eigenvalue weighted by Crippen LogP contribution is 2.37. The first-order chi connectivity index (χ1) is 16.2. The van der Waals surface area contributed by atoms with Gasteiger partial charge in [-0.15, -0.1) is 0 Å². The van der Waals surface area contributed by atoms with Crippen molar-refractivity contribution in [1.29, 1.82) is 0 Å². The first kappa shape index (κ1) is 28.3. The van der Waals surface area contributed by atoms with Gasteiger partial charge in [-0.25, -0.2) is 4.83 Å². The second-order valence-corrected chi connectivity index (χ2v) is 11.5. The summed E-state index contributed by atoms with van der Waals surface area (Å²) in [5, 5.41) is 4.18. The molecule has 0 spiro atoms. The summed E-state index contributed by atoms with van der Waals surface area (Å²) in [7, 11) is -3.73. The molecule has 0 fully saturated rings. The second-order valence-electron chi connectivity index (χ2n) is 9.88. The van der Waals surface area contributed by atoms with E-state index in [1.165, 1.54) is 39.0 Å². The molecule has 1 N–H and O–H groups in total. The molecule has 4 nitrogen and oxygen atoms in total. The zero-order valence-corrected chi connectivity index (χ0v) is 23.7. The normalized spacial score (nSPS) is 13.8. The van der Waals surface area contributed by atoms with E-state index in [9.17, 15) is 8.42 Å². The fourth-order valence-corrected chi connectivity index (χ4v) is 5.31. The molecule has 0 saturated carbocycles. The van der Waals surface area contributed by atoms with Gasteiger partial charge in [-0.2, -0.15) is 13.5 Å². The molecule has 35 heavy (non-hydrogen) atoms. The van der Waals surface area contributed by atoms with Crippen molar-refractivity contribution < 1.29 is 8.42 Å². The molecule has 188 valence electrons. The SMILES string of the molecule is C/C=C(C)/C=C/C=C(\C)c1c(C)c(C)c(C)c(C(C)(C)/C=N\NS(=O)(=O)c2ccc(C)cc2)c1C. The van der Waals surface area contributed by atoms with Gasteiger partial charge >= 0.3 is 0 Å². The van der Waals surface area contributed by atoms with Gasteiger partial charge in [0.2, 0.25) is 0 Å². The minimum Gasteiger partial charge on any atom is -0.200 e. The van der Waals surface area contributed by atoms with E-state index >= 15 is 0 Å². The Morgan fingerprint density at radius 2 is 1.51 bits per heavy atom. The minimum atomic E-state index is -3.73. The van der Waals surface area contributed by atoms with Crippen molar-refractivity contribution in [3.05, 3.63) is 93.1 Å². The molecule has 0 radical (unpaired) electrons. The molecule has 0 atom stereocenters. The molecule has 0 aliphatic carbocycles. The van der Waals surface area contributed by atoms with Crippen molar-refractivity contribution in [3.8, 4) is 0 Å². The maximum Gasteiger partial charge on any atom is 0.276 e. The Morgan fingerprint density at radius 1 is 0.914 bits per heavy atom. The summed E-state index contributed by atoms with van der Waals surface area (Å²) < 4.78 is 25.3. The average Bonchev–Trinajstić information content (AvgIpc) is 2.77. The van der Waals surface area contributed by atoms with E-state index in [4.69, 9.17) is 0 Å². The number of nitrogens with zero attached hydrogens (tertiary/aromatic N) is 1. The lowest BCUT2D eigenvalue weighted by Crippen LogP contribution is -2.26. The van der Waals surface area contributed by atoms with Crippen molar-refractivity contribution in [2.24, 2.45) is 5.10 Å². The van der Waals surface area contributed by atoms with Gasteiger partial charge in [0.15, 0.2) is 0 Å². The van der Waals surface area contributed by atoms with Gasteiger partial charge in [0.25, 0.3) is 10.0 Å². The summed E-state index contributed by atoms with van der Waals surface area (Å²) in [5.41, 5.74) is 10.2. The fraction of sp³-hybridized carbons (Fsp3) is 0.367. The average molecular weight is 493 g/mol. The van der Waals surface area contributed by atoms with Crippen LogP contribution in [0.4, 0.5) is 0 Å². The van der Waals surface area contributed by atoms with Crippen molar-refractivity contribution in [3.63, 3.8) is 0 Å². The summed E-state index contributed by atoms with van der Waals surface area (Å²) in [6, 6.07) is 6.72. The highest BCUT2D eigenvalue weighted by atomic mass is 32.2. The molecular formula is C30H40N2O2S. The predicted molar refractivity (Wildman–Crippen MR) is 151 cm³/mol. The Labute approximate surface area is 212 Å². The van der Waals surface area contributed by atoms with Gasteiger partial charge in [0.05, 0.1) is 4.90 Å². The Bertz CT molecular complexity index is 1310. The number of hydrogen-bond donors (Lipinski definition) is 1. The Morgan fingerprint density at radius 3 is 2.09 bits per heavy atom. The topological polar surface area (TPSA) is 58.5 Å². The first-order valence-electron chi connectivity index (χ1n) is 11.9. The molecule has 0 bridgehead atoms. The largest absolute Gasteiger partial charge is 0.276 e. The lowest BCUT2D eigenvalue weighted by Gasteiger charge is -2.29. The van der Waals surface area contributed by atoms with Crippen LogP contribution in [0.3, 0.4) is 0 Å². The lowest BCUT2D eigenvalue weighted by atomic mass is 9.75. The van der Waals surface area contributed by atoms with Crippen LogP contribution >= 0.6 is 0 Å². The standard InChI is InChI=1S/C30H40N2O2S/c1-11-20(2)13-12-14-22(4)28-24(6)23(5)25(7)29(26(28)8)30(9,10)19-31-32-35(33,34)27-17-15-21(3)16-18-27/h11-19,32H,1-10H3/b13-12+,20-11+,22-14+,31-19-. The number of hydrazone groups is 1. The molecule has 0 heterocycles. The second kappa shape index (κ2) is 11.2. The van der Waals surface area contributed by atoms with Crippen LogP contribution in [0.2, 0.25) is 0 Å². The molecule has 0 unspecified atom stereocenters. The molecule has 2 aromatic carbocycles. The van der Waals surface area contributed by atoms with Crippen LogP contribution in [0, 0.1) is 34.6 Å². The molecule has 0 aliphatic rings. The molecule has 2 aromatic rings. The van der Waals surface area contributed by atoms with Crippen LogP contribution in [-0.2, 0) is 15.4 Å². The first-order valence-corrected chi connectivity index (χ1v) is 13.4. The van der Waals surface area contributed by atoms with Gasteiger partial charge in [0, 0.05) is 11.6 Å². The number of rotatable bonds is 8. The summed E-state index contributed by atoms with van der Waals surface area (Å²) in [6.45, 7) is 20.9. The van der Waals surface area contributed by atoms with E-state index in [0.717, 1.165) is 11.1 Å². The highest BCUT2D eigenvalue weighted by molar-refractivity contribution is 7.89. The van der Waals surface area contributed by atoms with Crippen LogP contribution in [0.1, 0.15) is 73.6 Å². The van der Waals surface area contributed by atoms with Crippen LogP contribution in [0.15, 0.2) is 64.1 Å². The van der Waals surface area contributed by atoms with Crippen LogP contribution < -0.4 is 4.83 Å². The van der Waals surface area contributed by atoms with Crippen molar-refractivity contribution in [2.45, 2.75) is 79.5 Å². The van der Waals surface area contributed by atoms with E-state index in [2.05, 4.69) is 89.6 Å². The number of aryl methyl sites for hydroxylation is 1. The molecule has 0 amide bonds. The molecule has 0 saturated heterocycles. The Kier molecular flexibility index (Phi) is 9.07. The van der Waals surface area contributed by atoms with Gasteiger partial charge < -0.3 is 0 Å². The maximum atomic E-state index is 12.7. The summed E-state index contributed by atoms with van der Waals surface area (Å²) in [4.78, 5) is 2.58. The van der Waals surface area contributed by atoms with E-state index in [1.54, 1.807) is 30.5 Å². The van der Waals surface area contributed by atoms with Crippen molar-refractivity contribution >= 4 is 21.8 Å². The van der Waals surface area contributed by atoms with E-state index < -0.39 is 15.4 Å². The van der Waals surface area contributed by atoms with Crippen molar-refractivity contribution in [2.75, 3.05) is 0 Å². The minimum absolute atomic E-state index is 0.195. The zero-order valence-electron chi connectivity index (χ0n) is 22.9. The third-order valence-corrected chi connectivity index (χ3v) is 7.95. The predicted octanol–water partition coefficient (Wildman–Crippen LogP) is 7.40. The van der Waals surface area contributed by atoms with Gasteiger partial charge in [0.1, 0.15) is 0 Å². The quantitative estimate of drug-likeness (QED) is 0.237. The summed E-state index contributed by atoms with van der Waals surface area (Å²) in [6.07, 6.45) is 10.1. The van der Waals surface area contributed by atoms with Gasteiger partial charge in [-0.05, 0) is 106 Å². The zero-order chi connectivity index (χ0) is 26.6. The van der Waals surface area contributed by atoms with Crippen molar-refractivity contribution in [1.82, 2.24) is 4.83 Å². The summed E-state index contributed by atoms with van der Waals surface area (Å²) in [5.74, 6) is 0. The lowest BCUT2D eigenvalue weighted by molar-refractivity contribution is 0.584. The number of hydrogen-bond acceptors (Lipinski definition) is 3. The van der Waals surface area contributed by atoms with E-state index in [0.29, 0.717) is 0 Å². The maximum absolute atomic E-state index is 12.7. The van der Waals surface area contributed by atoms with Crippen LogP contribution in [0.5, 0.6) is 0 Å². The number of nitrogens with one attached hydrogen (secondary N) is 1. The molecule has 5 heteroatoms. The molecule has 2 rings (SSSR count). The molecular weight excluding hydrogens is 452 g/mol. The monoisotopic (exact) mass is 492 g/mol. The smallest absolute Gasteiger partial charge is 0.200 e. The molecule has 0 aromatic heterocycles.